The van der Waals surface area contributed by atoms with Crippen molar-refractivity contribution in [2.45, 2.75) is 33.3 Å². The SMILES string of the molecule is CCCOc1cccc(NC2=C(c3cccs3)C(=O)N(c3ccccc3OC(C)C)C2=O)c1. The lowest BCUT2D eigenvalue weighted by Gasteiger charge is -2.20. The maximum absolute atomic E-state index is 13.6. The normalized spacial score (nSPS) is 13.8. The van der Waals surface area contributed by atoms with Crippen LogP contribution in [0.3, 0.4) is 0 Å². The summed E-state index contributed by atoms with van der Waals surface area (Å²) < 4.78 is 11.6. The van der Waals surface area contributed by atoms with E-state index in [9.17, 15) is 9.59 Å². The second kappa shape index (κ2) is 9.92. The van der Waals surface area contributed by atoms with Gasteiger partial charge in [0.05, 0.1) is 24.0 Å². The van der Waals surface area contributed by atoms with Crippen molar-refractivity contribution in [2.24, 2.45) is 0 Å². The molecule has 0 aliphatic carbocycles. The van der Waals surface area contributed by atoms with E-state index < -0.39 is 5.91 Å². The number of hydrogen-bond donors (Lipinski definition) is 1. The van der Waals surface area contributed by atoms with Crippen LogP contribution in [0.25, 0.3) is 5.57 Å². The van der Waals surface area contributed by atoms with Crippen LogP contribution < -0.4 is 19.7 Å². The minimum absolute atomic E-state index is 0.105. The molecule has 6 nitrogen and oxygen atoms in total. The monoisotopic (exact) mass is 462 g/mol. The molecule has 0 radical (unpaired) electrons. The lowest BCUT2D eigenvalue weighted by molar-refractivity contribution is -0.120. The average molecular weight is 463 g/mol. The molecule has 1 aliphatic rings. The van der Waals surface area contributed by atoms with Gasteiger partial charge in [-0.3, -0.25) is 9.59 Å². The molecule has 1 aliphatic heterocycles. The molecular formula is C26H26N2O4S. The first-order chi connectivity index (χ1) is 16.0. The van der Waals surface area contributed by atoms with E-state index in [0.717, 1.165) is 11.3 Å². The van der Waals surface area contributed by atoms with Gasteiger partial charge < -0.3 is 14.8 Å². The molecule has 1 N–H and O–H groups in total. The Morgan fingerprint density at radius 3 is 2.55 bits per heavy atom. The predicted octanol–water partition coefficient (Wildman–Crippen LogP) is 5.72. The van der Waals surface area contributed by atoms with E-state index in [0.29, 0.717) is 35.1 Å². The number of anilines is 2. The second-order valence-corrected chi connectivity index (χ2v) is 8.76. The van der Waals surface area contributed by atoms with Crippen LogP contribution in [0.5, 0.6) is 11.5 Å². The van der Waals surface area contributed by atoms with Crippen molar-refractivity contribution in [1.82, 2.24) is 0 Å². The number of rotatable bonds is 9. The third kappa shape index (κ3) is 4.78. The van der Waals surface area contributed by atoms with E-state index in [1.165, 1.54) is 16.2 Å². The third-order valence-corrected chi connectivity index (χ3v) is 5.78. The van der Waals surface area contributed by atoms with E-state index in [1.807, 2.05) is 68.6 Å². The highest BCUT2D eigenvalue weighted by Crippen LogP contribution is 2.39. The largest absolute Gasteiger partial charge is 0.494 e. The Morgan fingerprint density at radius 2 is 1.82 bits per heavy atom. The molecular weight excluding hydrogens is 436 g/mol. The first-order valence-corrected chi connectivity index (χ1v) is 11.8. The number of carbonyl (C=O) groups is 2. The van der Waals surface area contributed by atoms with Crippen LogP contribution in [-0.2, 0) is 9.59 Å². The van der Waals surface area contributed by atoms with Crippen molar-refractivity contribution in [3.63, 3.8) is 0 Å². The van der Waals surface area contributed by atoms with Crippen LogP contribution in [0.4, 0.5) is 11.4 Å². The number of nitrogens with zero attached hydrogens (tertiary/aromatic N) is 1. The van der Waals surface area contributed by atoms with Crippen LogP contribution in [-0.4, -0.2) is 24.5 Å². The second-order valence-electron chi connectivity index (χ2n) is 7.81. The van der Waals surface area contributed by atoms with Crippen LogP contribution in [0.15, 0.2) is 71.7 Å². The third-order valence-electron chi connectivity index (χ3n) is 4.90. The maximum Gasteiger partial charge on any atom is 0.282 e. The highest BCUT2D eigenvalue weighted by molar-refractivity contribution is 7.11. The molecule has 2 amide bonds. The van der Waals surface area contributed by atoms with Crippen LogP contribution in [0.2, 0.25) is 0 Å². The van der Waals surface area contributed by atoms with Crippen molar-refractivity contribution in [1.29, 1.82) is 0 Å². The molecule has 3 aromatic rings. The van der Waals surface area contributed by atoms with Gasteiger partial charge in [0.25, 0.3) is 11.8 Å². The van der Waals surface area contributed by atoms with Gasteiger partial charge in [-0.2, -0.15) is 0 Å². The molecule has 2 aromatic carbocycles. The molecule has 0 saturated heterocycles. The highest BCUT2D eigenvalue weighted by atomic mass is 32.1. The number of nitrogens with one attached hydrogen (secondary N) is 1. The van der Waals surface area contributed by atoms with Gasteiger partial charge in [-0.15, -0.1) is 11.3 Å². The molecule has 0 saturated carbocycles. The van der Waals surface area contributed by atoms with Crippen molar-refractivity contribution in [3.8, 4) is 11.5 Å². The summed E-state index contributed by atoms with van der Waals surface area (Å²) in [6.45, 7) is 6.45. The molecule has 2 heterocycles. The summed E-state index contributed by atoms with van der Waals surface area (Å²) in [5, 5.41) is 5.07. The molecule has 0 unspecified atom stereocenters. The Kier molecular flexibility index (Phi) is 6.79. The van der Waals surface area contributed by atoms with Gasteiger partial charge >= 0.3 is 0 Å². The Labute approximate surface area is 197 Å². The number of imide groups is 1. The van der Waals surface area contributed by atoms with Crippen LogP contribution in [0, 0.1) is 0 Å². The fourth-order valence-corrected chi connectivity index (χ4v) is 4.31. The number of thiophene rings is 1. The van der Waals surface area contributed by atoms with Gasteiger partial charge in [-0.25, -0.2) is 4.90 Å². The van der Waals surface area contributed by atoms with E-state index in [1.54, 1.807) is 18.2 Å². The number of ether oxygens (including phenoxy) is 2. The molecule has 0 bridgehead atoms. The zero-order valence-electron chi connectivity index (χ0n) is 18.8. The standard InChI is InChI=1S/C26H26N2O4S/c1-4-14-31-19-10-7-9-18(16-19)27-24-23(22-13-8-15-33-22)25(29)28(26(24)30)20-11-5-6-12-21(20)32-17(2)3/h5-13,15-17,27H,4,14H2,1-3H3. The molecule has 0 fully saturated rings. The number of hydrogen-bond acceptors (Lipinski definition) is 6. The van der Waals surface area contributed by atoms with Crippen molar-refractivity contribution in [3.05, 3.63) is 76.6 Å². The number of amides is 2. The Bertz CT molecular complexity index is 1180. The summed E-state index contributed by atoms with van der Waals surface area (Å²) in [6, 6.07) is 18.2. The minimum atomic E-state index is -0.428. The van der Waals surface area contributed by atoms with Gasteiger partial charge in [0.15, 0.2) is 0 Å². The van der Waals surface area contributed by atoms with E-state index in [-0.39, 0.29) is 17.7 Å². The molecule has 1 aromatic heterocycles. The van der Waals surface area contributed by atoms with Crippen molar-refractivity contribution < 1.29 is 19.1 Å². The van der Waals surface area contributed by atoms with Gasteiger partial charge in [0.2, 0.25) is 0 Å². The maximum atomic E-state index is 13.6. The smallest absolute Gasteiger partial charge is 0.282 e. The summed E-state index contributed by atoms with van der Waals surface area (Å²) in [5.74, 6) is 0.367. The number of carbonyl (C=O) groups excluding carboxylic acids is 2. The molecule has 7 heteroatoms. The Balaban J connectivity index is 1.74. The zero-order valence-corrected chi connectivity index (χ0v) is 19.6. The summed E-state index contributed by atoms with van der Waals surface area (Å²) >= 11 is 1.41. The lowest BCUT2D eigenvalue weighted by Crippen LogP contribution is -2.33. The number of benzene rings is 2. The fourth-order valence-electron chi connectivity index (χ4n) is 3.54. The van der Waals surface area contributed by atoms with E-state index >= 15 is 0 Å². The zero-order chi connectivity index (χ0) is 23.4. The summed E-state index contributed by atoms with van der Waals surface area (Å²) in [5.41, 5.74) is 1.66. The summed E-state index contributed by atoms with van der Waals surface area (Å²) in [7, 11) is 0. The topological polar surface area (TPSA) is 67.9 Å². The summed E-state index contributed by atoms with van der Waals surface area (Å²) in [4.78, 5) is 29.1. The quantitative estimate of drug-likeness (QED) is 0.412. The first-order valence-electron chi connectivity index (χ1n) is 10.9. The van der Waals surface area contributed by atoms with Crippen LogP contribution in [0.1, 0.15) is 32.1 Å². The summed E-state index contributed by atoms with van der Waals surface area (Å²) in [6.07, 6.45) is 0.789. The lowest BCUT2D eigenvalue weighted by atomic mass is 10.2. The fraction of sp³-hybridized carbons (Fsp3) is 0.231. The van der Waals surface area contributed by atoms with Crippen molar-refractivity contribution >= 4 is 40.1 Å². The molecule has 33 heavy (non-hydrogen) atoms. The molecule has 170 valence electrons. The van der Waals surface area contributed by atoms with E-state index in [2.05, 4.69) is 5.32 Å². The Morgan fingerprint density at radius 1 is 1.00 bits per heavy atom. The molecule has 0 spiro atoms. The Hall–Kier alpha value is -3.58. The molecule has 4 rings (SSSR count). The highest BCUT2D eigenvalue weighted by Gasteiger charge is 2.41. The van der Waals surface area contributed by atoms with Crippen LogP contribution >= 0.6 is 11.3 Å². The minimum Gasteiger partial charge on any atom is -0.494 e. The van der Waals surface area contributed by atoms with Crippen molar-refractivity contribution in [2.75, 3.05) is 16.8 Å². The van der Waals surface area contributed by atoms with Gasteiger partial charge in [-0.1, -0.05) is 31.2 Å². The van der Waals surface area contributed by atoms with Gasteiger partial charge in [0, 0.05) is 16.6 Å². The van der Waals surface area contributed by atoms with E-state index in [4.69, 9.17) is 9.47 Å². The number of para-hydroxylation sites is 2. The predicted molar refractivity (Wildman–Crippen MR) is 132 cm³/mol. The molecule has 0 atom stereocenters. The first kappa shape index (κ1) is 22.6. The average Bonchev–Trinajstić information content (AvgIpc) is 3.40. The van der Waals surface area contributed by atoms with Gasteiger partial charge in [-0.05, 0) is 56.0 Å². The van der Waals surface area contributed by atoms with Gasteiger partial charge in [0.1, 0.15) is 17.2 Å².